The van der Waals surface area contributed by atoms with Crippen molar-refractivity contribution in [2.75, 3.05) is 0 Å². The lowest BCUT2D eigenvalue weighted by atomic mass is 9.85. The monoisotopic (exact) mass is 294 g/mol. The molecule has 22 heavy (non-hydrogen) atoms. The van der Waals surface area contributed by atoms with Crippen LogP contribution in [-0.2, 0) is 4.79 Å². The normalized spacial score (nSPS) is 24.8. The molecule has 0 aliphatic heterocycles. The molecule has 0 radical (unpaired) electrons. The van der Waals surface area contributed by atoms with E-state index in [1.54, 1.807) is 0 Å². The molecule has 0 spiro atoms. The minimum atomic E-state index is -0.836. The van der Waals surface area contributed by atoms with E-state index < -0.39 is 5.97 Å². The highest BCUT2D eigenvalue weighted by Crippen LogP contribution is 2.30. The highest BCUT2D eigenvalue weighted by atomic mass is 16.4. The fraction of sp³-hybridized carbons (Fsp3) is 0.350. The van der Waals surface area contributed by atoms with Gasteiger partial charge in [0.05, 0.1) is 5.57 Å². The maximum absolute atomic E-state index is 11.5. The summed E-state index contributed by atoms with van der Waals surface area (Å²) in [5.74, 6) is -0.182. The quantitative estimate of drug-likeness (QED) is 0.748. The number of aliphatic carboxylic acids is 1. The van der Waals surface area contributed by atoms with Gasteiger partial charge in [-0.15, -0.1) is 0 Å². The van der Waals surface area contributed by atoms with Gasteiger partial charge in [-0.05, 0) is 61.7 Å². The van der Waals surface area contributed by atoms with Gasteiger partial charge in [0.2, 0.25) is 0 Å². The molecule has 6 aliphatic carbocycles. The van der Waals surface area contributed by atoms with Crippen LogP contribution in [0.25, 0.3) is 0 Å². The predicted molar refractivity (Wildman–Crippen MR) is 89.4 cm³/mol. The Morgan fingerprint density at radius 1 is 1.00 bits per heavy atom. The van der Waals surface area contributed by atoms with E-state index in [0.29, 0.717) is 11.5 Å². The van der Waals surface area contributed by atoms with Crippen LogP contribution in [0.15, 0.2) is 70.9 Å². The van der Waals surface area contributed by atoms with Crippen LogP contribution in [0.3, 0.4) is 0 Å². The van der Waals surface area contributed by atoms with Gasteiger partial charge < -0.3 is 5.11 Å². The zero-order valence-electron chi connectivity index (χ0n) is 12.8. The maximum Gasteiger partial charge on any atom is 0.335 e. The van der Waals surface area contributed by atoms with Gasteiger partial charge in [-0.2, -0.15) is 0 Å². The van der Waals surface area contributed by atoms with Crippen molar-refractivity contribution in [2.24, 2.45) is 5.92 Å². The Balaban J connectivity index is 1.97. The lowest BCUT2D eigenvalue weighted by Crippen LogP contribution is -2.06. The molecule has 2 heteroatoms. The predicted octanol–water partition coefficient (Wildman–Crippen LogP) is 4.89. The van der Waals surface area contributed by atoms with Crippen LogP contribution in [0.1, 0.15) is 38.5 Å². The molecule has 0 aromatic carbocycles. The van der Waals surface area contributed by atoms with Crippen LogP contribution in [0, 0.1) is 5.92 Å². The Labute approximate surface area is 131 Å². The van der Waals surface area contributed by atoms with E-state index in [2.05, 4.69) is 30.4 Å². The number of carbonyl (C=O) groups is 1. The second-order valence-electron chi connectivity index (χ2n) is 6.23. The smallest absolute Gasteiger partial charge is 0.335 e. The number of carboxylic acid groups (broad SMARTS) is 1. The molecular formula is C20H22O2. The van der Waals surface area contributed by atoms with E-state index in [1.807, 2.05) is 18.2 Å². The molecule has 0 unspecified atom stereocenters. The summed E-state index contributed by atoms with van der Waals surface area (Å²) in [5.41, 5.74) is 3.97. The van der Waals surface area contributed by atoms with E-state index in [9.17, 15) is 9.90 Å². The van der Waals surface area contributed by atoms with Crippen LogP contribution >= 0.6 is 0 Å². The van der Waals surface area contributed by atoms with Gasteiger partial charge in [-0.25, -0.2) is 4.79 Å². The van der Waals surface area contributed by atoms with E-state index >= 15 is 0 Å². The van der Waals surface area contributed by atoms with Crippen molar-refractivity contribution in [3.05, 3.63) is 70.9 Å². The summed E-state index contributed by atoms with van der Waals surface area (Å²) < 4.78 is 0. The van der Waals surface area contributed by atoms with E-state index in [4.69, 9.17) is 0 Å². The van der Waals surface area contributed by atoms with Crippen LogP contribution in [0.5, 0.6) is 0 Å². The SMILES string of the molecule is O=C(O)C1=C2C=CC=CC3CCC(=CC=CC(=C1)CC2)CC3. The number of allylic oxidation sites excluding steroid dienone is 10. The highest BCUT2D eigenvalue weighted by molar-refractivity contribution is 5.92. The van der Waals surface area contributed by atoms with Crippen LogP contribution in [0.2, 0.25) is 0 Å². The number of hydrogen-bond donors (Lipinski definition) is 1. The minimum absolute atomic E-state index is 0.432. The molecule has 6 rings (SSSR count). The molecule has 1 fully saturated rings. The Hall–Kier alpha value is -2.09. The highest BCUT2D eigenvalue weighted by Gasteiger charge is 2.16. The molecular weight excluding hydrogens is 272 g/mol. The first-order valence-corrected chi connectivity index (χ1v) is 8.10. The first-order chi connectivity index (χ1) is 10.7. The topological polar surface area (TPSA) is 37.3 Å². The molecule has 0 atom stereocenters. The lowest BCUT2D eigenvalue weighted by molar-refractivity contribution is -0.132. The van der Waals surface area contributed by atoms with Gasteiger partial charge >= 0.3 is 5.97 Å². The molecule has 2 nitrogen and oxygen atoms in total. The zero-order chi connectivity index (χ0) is 15.4. The van der Waals surface area contributed by atoms with Gasteiger partial charge in [-0.1, -0.05) is 48.1 Å². The molecule has 0 aromatic heterocycles. The van der Waals surface area contributed by atoms with E-state index in [0.717, 1.165) is 24.0 Å². The molecule has 6 aliphatic rings. The van der Waals surface area contributed by atoms with Crippen molar-refractivity contribution < 1.29 is 9.90 Å². The van der Waals surface area contributed by atoms with Gasteiger partial charge in [-0.3, -0.25) is 0 Å². The van der Waals surface area contributed by atoms with Crippen molar-refractivity contribution in [1.29, 1.82) is 0 Å². The minimum Gasteiger partial charge on any atom is -0.478 e. The number of rotatable bonds is 1. The molecule has 0 amide bonds. The summed E-state index contributed by atoms with van der Waals surface area (Å²) in [6.45, 7) is 0. The van der Waals surface area contributed by atoms with Crippen LogP contribution < -0.4 is 0 Å². The van der Waals surface area contributed by atoms with Crippen molar-refractivity contribution in [3.63, 3.8) is 0 Å². The zero-order valence-corrected chi connectivity index (χ0v) is 12.8. The largest absolute Gasteiger partial charge is 0.478 e. The van der Waals surface area contributed by atoms with Gasteiger partial charge in [0.15, 0.2) is 0 Å². The van der Waals surface area contributed by atoms with Crippen molar-refractivity contribution in [3.8, 4) is 0 Å². The first kappa shape index (κ1) is 14.8. The van der Waals surface area contributed by atoms with Crippen LogP contribution in [0.4, 0.5) is 0 Å². The summed E-state index contributed by atoms with van der Waals surface area (Å²) in [5, 5.41) is 9.41. The van der Waals surface area contributed by atoms with Crippen molar-refractivity contribution in [2.45, 2.75) is 38.5 Å². The van der Waals surface area contributed by atoms with Gasteiger partial charge in [0.1, 0.15) is 0 Å². The number of hydrogen-bond acceptors (Lipinski definition) is 1. The van der Waals surface area contributed by atoms with Crippen molar-refractivity contribution in [1.82, 2.24) is 0 Å². The molecule has 4 bridgehead atoms. The third-order valence-electron chi connectivity index (χ3n) is 4.70. The lowest BCUT2D eigenvalue weighted by Gasteiger charge is -2.20. The number of carboxylic acids is 1. The van der Waals surface area contributed by atoms with E-state index in [1.165, 1.54) is 31.3 Å². The molecule has 1 saturated carbocycles. The third-order valence-corrected chi connectivity index (χ3v) is 4.70. The molecule has 0 heterocycles. The van der Waals surface area contributed by atoms with E-state index in [-0.39, 0.29) is 0 Å². The Morgan fingerprint density at radius 3 is 2.59 bits per heavy atom. The molecule has 0 saturated heterocycles. The van der Waals surface area contributed by atoms with Gasteiger partial charge in [0.25, 0.3) is 0 Å². The maximum atomic E-state index is 11.5. The Kier molecular flexibility index (Phi) is 4.57. The summed E-state index contributed by atoms with van der Waals surface area (Å²) >= 11 is 0. The third kappa shape index (κ3) is 3.56. The second-order valence-corrected chi connectivity index (χ2v) is 6.23. The standard InChI is InChI=1S/C20H22O2/c21-20(22)19-14-17-6-3-5-16-10-8-15(9-11-16)4-1-2-7-18(19)13-12-17/h1-7,14-15H,8-13H2,(H,21,22). The molecule has 1 N–H and O–H groups in total. The van der Waals surface area contributed by atoms with Crippen LogP contribution in [-0.4, -0.2) is 11.1 Å². The summed E-state index contributed by atoms with van der Waals surface area (Å²) in [6, 6.07) is 0. The summed E-state index contributed by atoms with van der Waals surface area (Å²) in [7, 11) is 0. The summed E-state index contributed by atoms with van der Waals surface area (Å²) in [6.07, 6.45) is 23.0. The van der Waals surface area contributed by atoms with Crippen molar-refractivity contribution >= 4 is 5.97 Å². The Morgan fingerprint density at radius 2 is 1.82 bits per heavy atom. The fourth-order valence-electron chi connectivity index (χ4n) is 3.34. The second kappa shape index (κ2) is 6.78. The average Bonchev–Trinajstić information content (AvgIpc) is 2.55. The first-order valence-electron chi connectivity index (χ1n) is 8.10. The average molecular weight is 294 g/mol. The Bertz CT molecular complexity index is 629. The summed E-state index contributed by atoms with van der Waals surface area (Å²) in [4.78, 5) is 11.5. The molecule has 114 valence electrons. The molecule has 0 aromatic rings. The fourth-order valence-corrected chi connectivity index (χ4v) is 3.34. The van der Waals surface area contributed by atoms with Gasteiger partial charge in [0, 0.05) is 0 Å².